The van der Waals surface area contributed by atoms with E-state index in [1.54, 1.807) is 6.92 Å². The number of carbonyl (C=O) groups is 1. The van der Waals surface area contributed by atoms with Gasteiger partial charge < -0.3 is 9.15 Å². The number of ether oxygens (including phenoxy) is 1. The van der Waals surface area contributed by atoms with Crippen LogP contribution in [-0.4, -0.2) is 37.9 Å². The Hall–Kier alpha value is -1.78. The van der Waals surface area contributed by atoms with Gasteiger partial charge in [-0.2, -0.15) is 4.31 Å². The number of hydrogen-bond donors (Lipinski definition) is 0. The zero-order valence-electron chi connectivity index (χ0n) is 12.2. The number of nitrogens with zero attached hydrogens (tertiary/aromatic N) is 1. The Balaban J connectivity index is 2.46. The molecular weight excluding hydrogens is 294 g/mol. The third-order valence-electron chi connectivity index (χ3n) is 3.73. The second-order valence-corrected chi connectivity index (χ2v) is 6.92. The average molecular weight is 311 g/mol. The van der Waals surface area contributed by atoms with Gasteiger partial charge in [-0.05, 0) is 26.7 Å². The average Bonchev–Trinajstić information content (AvgIpc) is 3.02. The summed E-state index contributed by atoms with van der Waals surface area (Å²) in [4.78, 5) is 11.6. The van der Waals surface area contributed by atoms with Crippen molar-refractivity contribution in [3.8, 4) is 12.3 Å². The van der Waals surface area contributed by atoms with Crippen molar-refractivity contribution in [1.82, 2.24) is 4.31 Å². The first-order valence-electron chi connectivity index (χ1n) is 6.45. The largest absolute Gasteiger partial charge is 0.465 e. The lowest BCUT2D eigenvalue weighted by molar-refractivity contribution is 0.0598. The third-order valence-corrected chi connectivity index (χ3v) is 5.61. The van der Waals surface area contributed by atoms with Crippen molar-refractivity contribution in [3.05, 3.63) is 17.4 Å². The van der Waals surface area contributed by atoms with E-state index in [4.69, 9.17) is 10.8 Å². The number of terminal acetylenes is 1. The van der Waals surface area contributed by atoms with Gasteiger partial charge in [-0.3, -0.25) is 0 Å². The normalized spacial score (nSPS) is 23.0. The molecule has 0 aliphatic carbocycles. The van der Waals surface area contributed by atoms with Gasteiger partial charge in [0.2, 0.25) is 5.09 Å². The van der Waals surface area contributed by atoms with Gasteiger partial charge in [-0.1, -0.05) is 5.92 Å². The highest BCUT2D eigenvalue weighted by molar-refractivity contribution is 7.89. The molecule has 7 heteroatoms. The molecule has 1 fully saturated rings. The number of furan rings is 1. The minimum absolute atomic E-state index is 0.0951. The molecule has 6 nitrogen and oxygen atoms in total. The fourth-order valence-corrected chi connectivity index (χ4v) is 4.23. The number of esters is 1. The summed E-state index contributed by atoms with van der Waals surface area (Å²) in [6.07, 6.45) is 6.75. The summed E-state index contributed by atoms with van der Waals surface area (Å²) in [7, 11) is -2.66. The monoisotopic (exact) mass is 311 g/mol. The zero-order valence-corrected chi connectivity index (χ0v) is 13.0. The molecule has 0 N–H and O–H groups in total. The lowest BCUT2D eigenvalue weighted by atomic mass is 10.0. The van der Waals surface area contributed by atoms with Crippen molar-refractivity contribution in [3.63, 3.8) is 0 Å². The molecule has 0 bridgehead atoms. The van der Waals surface area contributed by atoms with Gasteiger partial charge in [0.05, 0.1) is 12.6 Å². The Kier molecular flexibility index (Phi) is 3.87. The van der Waals surface area contributed by atoms with Crippen LogP contribution in [0.25, 0.3) is 0 Å². The van der Waals surface area contributed by atoms with E-state index in [2.05, 4.69) is 10.7 Å². The van der Waals surface area contributed by atoms with E-state index in [1.807, 2.05) is 0 Å². The Morgan fingerprint density at radius 2 is 2.24 bits per heavy atom. The van der Waals surface area contributed by atoms with Crippen molar-refractivity contribution in [1.29, 1.82) is 0 Å². The van der Waals surface area contributed by atoms with E-state index >= 15 is 0 Å². The fourth-order valence-electron chi connectivity index (χ4n) is 2.47. The first kappa shape index (κ1) is 15.6. The first-order valence-corrected chi connectivity index (χ1v) is 7.89. The van der Waals surface area contributed by atoms with Crippen LogP contribution in [0, 0.1) is 19.3 Å². The maximum absolute atomic E-state index is 12.7. The molecule has 1 aromatic heterocycles. The molecule has 2 heterocycles. The van der Waals surface area contributed by atoms with E-state index in [9.17, 15) is 13.2 Å². The Labute approximate surface area is 124 Å². The molecule has 0 amide bonds. The van der Waals surface area contributed by atoms with Crippen LogP contribution in [0.15, 0.2) is 15.6 Å². The van der Waals surface area contributed by atoms with Crippen LogP contribution in [0.3, 0.4) is 0 Å². The van der Waals surface area contributed by atoms with Crippen LogP contribution in [0.5, 0.6) is 0 Å². The van der Waals surface area contributed by atoms with Gasteiger partial charge in [0.1, 0.15) is 11.3 Å². The molecule has 1 atom stereocenters. The summed E-state index contributed by atoms with van der Waals surface area (Å²) in [6, 6.07) is 1.19. The summed E-state index contributed by atoms with van der Waals surface area (Å²) in [6.45, 7) is 3.54. The number of sulfonamides is 1. The predicted octanol–water partition coefficient (Wildman–Crippen LogP) is 1.55. The lowest BCUT2D eigenvalue weighted by Crippen LogP contribution is -2.43. The van der Waals surface area contributed by atoms with Crippen LogP contribution < -0.4 is 0 Å². The van der Waals surface area contributed by atoms with Gasteiger partial charge in [-0.25, -0.2) is 13.2 Å². The molecule has 0 spiro atoms. The van der Waals surface area contributed by atoms with Gasteiger partial charge in [-0.15, -0.1) is 6.42 Å². The standard InChI is InChI=1S/C14H17NO5S/c1-5-14(3)7-6-8-15(14)21(17,18)12-9-11(10(2)20-12)13(16)19-4/h1,9H,6-8H2,2-4H3/t14-/m0/s1. The lowest BCUT2D eigenvalue weighted by Gasteiger charge is -2.28. The molecule has 0 unspecified atom stereocenters. The third kappa shape index (κ3) is 2.45. The van der Waals surface area contributed by atoms with Gasteiger partial charge in [0, 0.05) is 12.6 Å². The molecule has 1 aromatic rings. The number of hydrogen-bond acceptors (Lipinski definition) is 5. The first-order chi connectivity index (χ1) is 9.76. The molecule has 0 radical (unpaired) electrons. The number of methoxy groups -OCH3 is 1. The number of aryl methyl sites for hydroxylation is 1. The number of rotatable bonds is 3. The molecule has 1 aliphatic rings. The summed E-state index contributed by atoms with van der Waals surface area (Å²) in [5.74, 6) is 2.09. The van der Waals surface area contributed by atoms with E-state index in [-0.39, 0.29) is 16.4 Å². The highest BCUT2D eigenvalue weighted by Crippen LogP contribution is 2.35. The molecule has 0 aromatic carbocycles. The molecule has 0 saturated carbocycles. The summed E-state index contributed by atoms with van der Waals surface area (Å²) in [5.41, 5.74) is -0.775. The fraction of sp³-hybridized carbons (Fsp3) is 0.500. The Morgan fingerprint density at radius 3 is 2.81 bits per heavy atom. The van der Waals surface area contributed by atoms with E-state index < -0.39 is 21.5 Å². The molecule has 114 valence electrons. The van der Waals surface area contributed by atoms with Crippen LogP contribution in [0.2, 0.25) is 0 Å². The minimum Gasteiger partial charge on any atom is -0.465 e. The smallest absolute Gasteiger partial charge is 0.341 e. The van der Waals surface area contributed by atoms with Crippen LogP contribution >= 0.6 is 0 Å². The topological polar surface area (TPSA) is 76.8 Å². The van der Waals surface area contributed by atoms with Crippen molar-refractivity contribution in [2.24, 2.45) is 0 Å². The van der Waals surface area contributed by atoms with Crippen molar-refractivity contribution in [2.75, 3.05) is 13.7 Å². The molecule has 2 rings (SSSR count). The summed E-state index contributed by atoms with van der Waals surface area (Å²) >= 11 is 0. The SMILES string of the molecule is C#C[C@@]1(C)CCCN1S(=O)(=O)c1cc(C(=O)OC)c(C)o1. The zero-order chi connectivity index (χ0) is 15.8. The van der Waals surface area contributed by atoms with Crippen LogP contribution in [-0.2, 0) is 14.8 Å². The molecule has 21 heavy (non-hydrogen) atoms. The quantitative estimate of drug-likeness (QED) is 0.625. The van der Waals surface area contributed by atoms with Crippen molar-refractivity contribution >= 4 is 16.0 Å². The summed E-state index contributed by atoms with van der Waals surface area (Å²) < 4.78 is 36.4. The Bertz CT molecular complexity index is 712. The van der Waals surface area contributed by atoms with Crippen LogP contribution in [0.1, 0.15) is 35.9 Å². The van der Waals surface area contributed by atoms with Crippen molar-refractivity contribution in [2.45, 2.75) is 37.3 Å². The maximum atomic E-state index is 12.7. The van der Waals surface area contributed by atoms with E-state index in [0.717, 1.165) is 0 Å². The van der Waals surface area contributed by atoms with Crippen molar-refractivity contribution < 1.29 is 22.4 Å². The van der Waals surface area contributed by atoms with Crippen LogP contribution in [0.4, 0.5) is 0 Å². The van der Waals surface area contributed by atoms with E-state index in [1.165, 1.54) is 24.4 Å². The predicted molar refractivity (Wildman–Crippen MR) is 75.1 cm³/mol. The molecule has 1 saturated heterocycles. The molecular formula is C14H17NO5S. The maximum Gasteiger partial charge on any atom is 0.341 e. The van der Waals surface area contributed by atoms with Gasteiger partial charge >= 0.3 is 5.97 Å². The van der Waals surface area contributed by atoms with Gasteiger partial charge in [0.15, 0.2) is 0 Å². The second kappa shape index (κ2) is 5.20. The molecule has 1 aliphatic heterocycles. The van der Waals surface area contributed by atoms with E-state index in [0.29, 0.717) is 19.4 Å². The van der Waals surface area contributed by atoms with Gasteiger partial charge in [0.25, 0.3) is 10.0 Å². The minimum atomic E-state index is -3.89. The highest BCUT2D eigenvalue weighted by atomic mass is 32.2. The number of carbonyl (C=O) groups excluding carboxylic acids is 1. The summed E-state index contributed by atoms with van der Waals surface area (Å²) in [5, 5.41) is -0.288. The second-order valence-electron chi connectivity index (χ2n) is 5.13. The highest BCUT2D eigenvalue weighted by Gasteiger charge is 2.44. The Morgan fingerprint density at radius 1 is 1.57 bits per heavy atom.